The van der Waals surface area contributed by atoms with Crippen LogP contribution >= 0.6 is 24.0 Å². The minimum Gasteiger partial charge on any atom is -0.357 e. The number of guanidine groups is 1. The van der Waals surface area contributed by atoms with Crippen molar-refractivity contribution in [1.29, 1.82) is 0 Å². The highest BCUT2D eigenvalue weighted by molar-refractivity contribution is 14.0. The summed E-state index contributed by atoms with van der Waals surface area (Å²) in [5, 5.41) is 12.0. The highest BCUT2D eigenvalue weighted by Crippen LogP contribution is 2.21. The molecule has 0 saturated heterocycles. The summed E-state index contributed by atoms with van der Waals surface area (Å²) in [4.78, 5) is 7.39. The third-order valence-electron chi connectivity index (χ3n) is 5.49. The Balaban J connectivity index is 0.00000210. The summed E-state index contributed by atoms with van der Waals surface area (Å²) >= 11 is 0. The molecule has 7 heteroatoms. The lowest BCUT2D eigenvalue weighted by atomic mass is 9.99. The zero-order valence-corrected chi connectivity index (χ0v) is 18.5. The molecule has 0 saturated carbocycles. The van der Waals surface area contributed by atoms with Gasteiger partial charge in [0.15, 0.2) is 5.96 Å². The Morgan fingerprint density at radius 2 is 2.04 bits per heavy atom. The van der Waals surface area contributed by atoms with Crippen molar-refractivity contribution < 1.29 is 0 Å². The van der Waals surface area contributed by atoms with Gasteiger partial charge in [0.05, 0.1) is 0 Å². The topological polar surface area (TPSA) is 58.3 Å². The molecular weight excluding hydrogens is 451 g/mol. The Labute approximate surface area is 178 Å². The van der Waals surface area contributed by atoms with Crippen LogP contribution in [0.25, 0.3) is 0 Å². The first-order chi connectivity index (χ1) is 12.7. The van der Waals surface area contributed by atoms with Crippen molar-refractivity contribution in [3.63, 3.8) is 0 Å². The smallest absolute Gasteiger partial charge is 0.194 e. The van der Waals surface area contributed by atoms with Gasteiger partial charge in [0, 0.05) is 39.1 Å². The van der Waals surface area contributed by atoms with Crippen molar-refractivity contribution in [2.45, 2.75) is 46.2 Å². The minimum atomic E-state index is 0. The molecule has 0 spiro atoms. The number of benzene rings is 1. The lowest BCUT2D eigenvalue weighted by Gasteiger charge is -2.32. The van der Waals surface area contributed by atoms with Crippen LogP contribution < -0.4 is 5.32 Å². The summed E-state index contributed by atoms with van der Waals surface area (Å²) in [6.07, 6.45) is 3.24. The largest absolute Gasteiger partial charge is 0.357 e. The lowest BCUT2D eigenvalue weighted by molar-refractivity contribution is 0.356. The first-order valence-electron chi connectivity index (χ1n) is 9.73. The molecule has 2 aliphatic rings. The maximum atomic E-state index is 5.00. The van der Waals surface area contributed by atoms with Crippen LogP contribution in [0.2, 0.25) is 0 Å². The Hall–Kier alpha value is -1.64. The molecule has 3 heterocycles. The second kappa shape index (κ2) is 9.03. The van der Waals surface area contributed by atoms with E-state index in [-0.39, 0.29) is 24.0 Å². The molecule has 6 nitrogen and oxygen atoms in total. The van der Waals surface area contributed by atoms with E-state index in [4.69, 9.17) is 4.99 Å². The number of nitrogens with one attached hydrogen (secondary N) is 1. The molecule has 0 bridgehead atoms. The summed E-state index contributed by atoms with van der Waals surface area (Å²) in [6.45, 7) is 8.90. The number of fused-ring (bicyclic) bond motifs is 2. The number of rotatable bonds is 3. The Bertz CT molecular complexity index is 800. The molecule has 0 fully saturated rings. The van der Waals surface area contributed by atoms with Gasteiger partial charge in [-0.1, -0.05) is 24.3 Å². The molecule has 4 rings (SSSR count). The zero-order valence-electron chi connectivity index (χ0n) is 16.2. The molecular formula is C20H29IN6. The standard InChI is InChI=1S/C20H28N6.HI/c1-3-21-20(25-11-10-17-6-4-5-7-18(17)14-25)22-12-16-8-9-19-24-23-15(2)26(19)13-16;/h4-7,16H,3,8-14H2,1-2H3,(H,21,22);1H. The van der Waals surface area contributed by atoms with Gasteiger partial charge in [0.25, 0.3) is 0 Å². The molecule has 2 aromatic rings. The second-order valence-corrected chi connectivity index (χ2v) is 7.31. The summed E-state index contributed by atoms with van der Waals surface area (Å²) in [5.74, 6) is 3.76. The predicted octanol–water partition coefficient (Wildman–Crippen LogP) is 2.79. The van der Waals surface area contributed by atoms with Crippen LogP contribution in [0.3, 0.4) is 0 Å². The maximum absolute atomic E-state index is 5.00. The van der Waals surface area contributed by atoms with Crippen LogP contribution in [-0.4, -0.2) is 45.3 Å². The van der Waals surface area contributed by atoms with E-state index in [1.807, 2.05) is 6.92 Å². The fourth-order valence-corrected chi connectivity index (χ4v) is 4.00. The number of aryl methyl sites for hydroxylation is 2. The van der Waals surface area contributed by atoms with Gasteiger partial charge in [-0.15, -0.1) is 34.2 Å². The monoisotopic (exact) mass is 480 g/mol. The van der Waals surface area contributed by atoms with Gasteiger partial charge in [-0.2, -0.15) is 0 Å². The highest BCUT2D eigenvalue weighted by atomic mass is 127. The second-order valence-electron chi connectivity index (χ2n) is 7.31. The Morgan fingerprint density at radius 1 is 1.22 bits per heavy atom. The fraction of sp³-hybridized carbons (Fsp3) is 0.550. The summed E-state index contributed by atoms with van der Waals surface area (Å²) < 4.78 is 2.26. The van der Waals surface area contributed by atoms with Gasteiger partial charge in [-0.3, -0.25) is 4.99 Å². The Morgan fingerprint density at radius 3 is 2.85 bits per heavy atom. The minimum absolute atomic E-state index is 0. The number of hydrogen-bond donors (Lipinski definition) is 1. The van der Waals surface area contributed by atoms with Crippen molar-refractivity contribution in [1.82, 2.24) is 25.0 Å². The molecule has 1 aromatic heterocycles. The molecule has 27 heavy (non-hydrogen) atoms. The van der Waals surface area contributed by atoms with Crippen LogP contribution in [0.1, 0.15) is 36.1 Å². The SMILES string of the molecule is CCNC(=NCC1CCc2nnc(C)n2C1)N1CCc2ccccc2C1.I. The molecule has 0 aliphatic carbocycles. The number of nitrogens with zero attached hydrogens (tertiary/aromatic N) is 5. The van der Waals surface area contributed by atoms with E-state index in [9.17, 15) is 0 Å². The van der Waals surface area contributed by atoms with E-state index in [2.05, 4.69) is 56.2 Å². The van der Waals surface area contributed by atoms with Gasteiger partial charge in [0.1, 0.15) is 11.6 Å². The van der Waals surface area contributed by atoms with Crippen LogP contribution in [-0.2, 0) is 25.9 Å². The number of hydrogen-bond acceptors (Lipinski definition) is 3. The van der Waals surface area contributed by atoms with Crippen molar-refractivity contribution in [3.05, 3.63) is 47.0 Å². The number of halogens is 1. The van der Waals surface area contributed by atoms with Crippen LogP contribution in [0, 0.1) is 12.8 Å². The molecule has 1 atom stereocenters. The van der Waals surface area contributed by atoms with E-state index in [0.29, 0.717) is 5.92 Å². The van der Waals surface area contributed by atoms with E-state index in [0.717, 1.165) is 69.6 Å². The number of aliphatic imine (C=N–C) groups is 1. The fourth-order valence-electron chi connectivity index (χ4n) is 4.00. The normalized spacial score (nSPS) is 19.1. The molecule has 2 aliphatic heterocycles. The third kappa shape index (κ3) is 4.44. The molecule has 1 N–H and O–H groups in total. The molecule has 0 amide bonds. The van der Waals surface area contributed by atoms with Gasteiger partial charge >= 0.3 is 0 Å². The first kappa shape index (κ1) is 20.1. The highest BCUT2D eigenvalue weighted by Gasteiger charge is 2.23. The quantitative estimate of drug-likeness (QED) is 0.417. The van der Waals surface area contributed by atoms with E-state index >= 15 is 0 Å². The summed E-state index contributed by atoms with van der Waals surface area (Å²) in [5.41, 5.74) is 2.90. The maximum Gasteiger partial charge on any atom is 0.194 e. The first-order valence-corrected chi connectivity index (χ1v) is 9.73. The average Bonchev–Trinajstić information content (AvgIpc) is 3.05. The van der Waals surface area contributed by atoms with Crippen LogP contribution in [0.15, 0.2) is 29.3 Å². The van der Waals surface area contributed by atoms with Crippen LogP contribution in [0.5, 0.6) is 0 Å². The van der Waals surface area contributed by atoms with Gasteiger partial charge in [-0.25, -0.2) is 0 Å². The molecule has 0 radical (unpaired) electrons. The van der Waals surface area contributed by atoms with E-state index < -0.39 is 0 Å². The molecule has 1 aromatic carbocycles. The third-order valence-corrected chi connectivity index (χ3v) is 5.49. The predicted molar refractivity (Wildman–Crippen MR) is 119 cm³/mol. The van der Waals surface area contributed by atoms with Gasteiger partial charge in [0.2, 0.25) is 0 Å². The van der Waals surface area contributed by atoms with Crippen molar-refractivity contribution in [2.24, 2.45) is 10.9 Å². The van der Waals surface area contributed by atoms with Gasteiger partial charge in [-0.05, 0) is 43.7 Å². The zero-order chi connectivity index (χ0) is 17.9. The summed E-state index contributed by atoms with van der Waals surface area (Å²) in [6, 6.07) is 8.76. The van der Waals surface area contributed by atoms with E-state index in [1.165, 1.54) is 11.1 Å². The van der Waals surface area contributed by atoms with Crippen molar-refractivity contribution >= 4 is 29.9 Å². The summed E-state index contributed by atoms with van der Waals surface area (Å²) in [7, 11) is 0. The molecule has 146 valence electrons. The molecule has 1 unspecified atom stereocenters. The number of aromatic nitrogens is 3. The lowest BCUT2D eigenvalue weighted by Crippen LogP contribution is -2.44. The van der Waals surface area contributed by atoms with Crippen molar-refractivity contribution in [3.8, 4) is 0 Å². The Kier molecular flexibility index (Phi) is 6.73. The van der Waals surface area contributed by atoms with Crippen LogP contribution in [0.4, 0.5) is 0 Å². The van der Waals surface area contributed by atoms with E-state index in [1.54, 1.807) is 0 Å². The average molecular weight is 480 g/mol. The van der Waals surface area contributed by atoms with Gasteiger partial charge < -0.3 is 14.8 Å². The van der Waals surface area contributed by atoms with Crippen molar-refractivity contribution in [2.75, 3.05) is 19.6 Å².